The topological polar surface area (TPSA) is 50.4 Å². The van der Waals surface area contributed by atoms with Gasteiger partial charge < -0.3 is 15.4 Å². The maximum atomic E-state index is 12.2. The third-order valence-electron chi connectivity index (χ3n) is 4.30. The second-order valence-corrected chi connectivity index (χ2v) is 7.44. The minimum atomic E-state index is -0.300. The van der Waals surface area contributed by atoms with Gasteiger partial charge in [0.15, 0.2) is 5.11 Å². The predicted octanol–water partition coefficient (Wildman–Crippen LogP) is 4.45. The Hall–Kier alpha value is -1.92. The van der Waals surface area contributed by atoms with Crippen molar-refractivity contribution >= 4 is 45.3 Å². The van der Waals surface area contributed by atoms with Gasteiger partial charge in [-0.3, -0.25) is 0 Å². The molecule has 0 radical (unpaired) electrons. The third kappa shape index (κ3) is 3.30. The maximum Gasteiger partial charge on any atom is 0.341 e. The normalized spacial score (nSPS) is 12.6. The van der Waals surface area contributed by atoms with Crippen LogP contribution >= 0.6 is 23.6 Å². The molecule has 24 heavy (non-hydrogen) atoms. The van der Waals surface area contributed by atoms with Crippen LogP contribution in [-0.4, -0.2) is 18.2 Å². The molecule has 126 valence electrons. The molecule has 0 spiro atoms. The van der Waals surface area contributed by atoms with Gasteiger partial charge in [-0.2, -0.15) is 0 Å². The highest BCUT2D eigenvalue weighted by atomic mass is 32.1. The van der Waals surface area contributed by atoms with Crippen LogP contribution in [0.4, 0.5) is 10.7 Å². The number of fused-ring (bicyclic) bond motifs is 1. The smallest absolute Gasteiger partial charge is 0.341 e. The first-order valence-corrected chi connectivity index (χ1v) is 9.10. The van der Waals surface area contributed by atoms with E-state index in [2.05, 4.69) is 36.6 Å². The van der Waals surface area contributed by atoms with E-state index in [9.17, 15) is 4.79 Å². The van der Waals surface area contributed by atoms with Gasteiger partial charge in [-0.15, -0.1) is 11.3 Å². The van der Waals surface area contributed by atoms with Crippen LogP contribution in [0.15, 0.2) is 18.2 Å². The molecule has 1 heterocycles. The fraction of sp³-hybridized carbons (Fsp3) is 0.333. The predicted molar refractivity (Wildman–Crippen MR) is 103 cm³/mol. The summed E-state index contributed by atoms with van der Waals surface area (Å²) in [5.74, 6) is -0.300. The average Bonchev–Trinajstić information content (AvgIpc) is 3.10. The number of thiocarbonyl (C=S) groups is 1. The van der Waals surface area contributed by atoms with Crippen molar-refractivity contribution in [2.75, 3.05) is 17.7 Å². The fourth-order valence-corrected chi connectivity index (χ4v) is 4.46. The number of esters is 1. The Labute approximate surface area is 151 Å². The van der Waals surface area contributed by atoms with Gasteiger partial charge in [0.05, 0.1) is 12.7 Å². The van der Waals surface area contributed by atoms with Crippen LogP contribution in [0.25, 0.3) is 0 Å². The molecule has 0 bridgehead atoms. The molecule has 2 N–H and O–H groups in total. The summed E-state index contributed by atoms with van der Waals surface area (Å²) in [4.78, 5) is 13.4. The molecule has 1 aliphatic carbocycles. The molecular weight excluding hydrogens is 340 g/mol. The second-order valence-electron chi connectivity index (χ2n) is 5.93. The zero-order valence-electron chi connectivity index (χ0n) is 14.0. The Morgan fingerprint density at radius 2 is 2.00 bits per heavy atom. The van der Waals surface area contributed by atoms with Crippen LogP contribution in [0, 0.1) is 13.8 Å². The second kappa shape index (κ2) is 6.91. The van der Waals surface area contributed by atoms with E-state index in [4.69, 9.17) is 17.0 Å². The molecule has 3 rings (SSSR count). The lowest BCUT2D eigenvalue weighted by atomic mass is 10.1. The summed E-state index contributed by atoms with van der Waals surface area (Å²) in [6.07, 6.45) is 3.04. The third-order valence-corrected chi connectivity index (χ3v) is 5.71. The fourth-order valence-electron chi connectivity index (χ4n) is 2.89. The summed E-state index contributed by atoms with van der Waals surface area (Å²) < 4.78 is 4.95. The molecule has 0 saturated carbocycles. The van der Waals surface area contributed by atoms with E-state index in [0.29, 0.717) is 10.7 Å². The summed E-state index contributed by atoms with van der Waals surface area (Å²) in [6, 6.07) is 6.10. The molecule has 0 saturated heterocycles. The number of nitrogens with one attached hydrogen (secondary N) is 2. The van der Waals surface area contributed by atoms with E-state index in [0.717, 1.165) is 35.5 Å². The first-order chi connectivity index (χ1) is 11.5. The first kappa shape index (κ1) is 16.9. The number of benzene rings is 1. The van der Waals surface area contributed by atoms with Crippen molar-refractivity contribution in [3.05, 3.63) is 45.3 Å². The van der Waals surface area contributed by atoms with Crippen LogP contribution in [-0.2, 0) is 17.6 Å². The van der Waals surface area contributed by atoms with Crippen molar-refractivity contribution < 1.29 is 9.53 Å². The van der Waals surface area contributed by atoms with Crippen molar-refractivity contribution in [2.24, 2.45) is 0 Å². The van der Waals surface area contributed by atoms with Crippen molar-refractivity contribution in [3.8, 4) is 0 Å². The Kier molecular flexibility index (Phi) is 4.87. The molecule has 2 aromatic rings. The number of rotatable bonds is 3. The summed E-state index contributed by atoms with van der Waals surface area (Å²) >= 11 is 7.01. The van der Waals surface area contributed by atoms with E-state index >= 15 is 0 Å². The SMILES string of the molecule is COC(=O)c1c(NC(=S)Nc2ccc(C)c(C)c2)sc2c1CCC2. The van der Waals surface area contributed by atoms with Gasteiger partial charge in [-0.1, -0.05) is 6.07 Å². The Morgan fingerprint density at radius 3 is 2.71 bits per heavy atom. The van der Waals surface area contributed by atoms with Crippen molar-refractivity contribution in [2.45, 2.75) is 33.1 Å². The van der Waals surface area contributed by atoms with Crippen LogP contribution in [0.2, 0.25) is 0 Å². The molecule has 1 aliphatic rings. The van der Waals surface area contributed by atoms with Crippen molar-refractivity contribution in [1.82, 2.24) is 0 Å². The standard InChI is InChI=1S/C18H20N2O2S2/c1-10-7-8-12(9-11(10)2)19-18(23)20-16-15(17(21)22-3)13-5-4-6-14(13)24-16/h7-9H,4-6H2,1-3H3,(H2,19,20,23). The zero-order chi connectivity index (χ0) is 17.3. The van der Waals surface area contributed by atoms with Gasteiger partial charge in [-0.25, -0.2) is 4.79 Å². The Morgan fingerprint density at radius 1 is 1.21 bits per heavy atom. The number of hydrogen-bond acceptors (Lipinski definition) is 4. The lowest BCUT2D eigenvalue weighted by molar-refractivity contribution is 0.0601. The highest BCUT2D eigenvalue weighted by Gasteiger charge is 2.27. The first-order valence-electron chi connectivity index (χ1n) is 7.87. The van der Waals surface area contributed by atoms with Crippen molar-refractivity contribution in [1.29, 1.82) is 0 Å². The van der Waals surface area contributed by atoms with Gasteiger partial charge >= 0.3 is 5.97 Å². The average molecular weight is 361 g/mol. The number of ether oxygens (including phenoxy) is 1. The highest BCUT2D eigenvalue weighted by Crippen LogP contribution is 2.39. The number of methoxy groups -OCH3 is 1. The number of carbonyl (C=O) groups excluding carboxylic acids is 1. The van der Waals surface area contributed by atoms with Crippen LogP contribution < -0.4 is 10.6 Å². The lowest BCUT2D eigenvalue weighted by Crippen LogP contribution is -2.20. The van der Waals surface area contributed by atoms with E-state index < -0.39 is 0 Å². The van der Waals surface area contributed by atoms with Gasteiger partial charge in [-0.05, 0) is 74.2 Å². The molecule has 1 aromatic heterocycles. The maximum absolute atomic E-state index is 12.2. The van der Waals surface area contributed by atoms with E-state index in [1.807, 2.05) is 6.07 Å². The molecule has 0 fully saturated rings. The summed E-state index contributed by atoms with van der Waals surface area (Å²) in [5, 5.41) is 7.60. The molecule has 0 amide bonds. The molecule has 0 unspecified atom stereocenters. The van der Waals surface area contributed by atoms with Gasteiger partial charge in [0.2, 0.25) is 0 Å². The summed E-state index contributed by atoms with van der Waals surface area (Å²) in [7, 11) is 1.41. The van der Waals surface area contributed by atoms with Gasteiger partial charge in [0.25, 0.3) is 0 Å². The molecule has 1 aromatic carbocycles. The van der Waals surface area contributed by atoms with Gasteiger partial charge in [0, 0.05) is 10.6 Å². The summed E-state index contributed by atoms with van der Waals surface area (Å²) in [6.45, 7) is 4.14. The Bertz CT molecular complexity index is 812. The van der Waals surface area contributed by atoms with Crippen LogP contribution in [0.1, 0.15) is 38.3 Å². The largest absolute Gasteiger partial charge is 0.465 e. The zero-order valence-corrected chi connectivity index (χ0v) is 15.6. The molecular formula is C18H20N2O2S2. The van der Waals surface area contributed by atoms with E-state index in [-0.39, 0.29) is 5.97 Å². The van der Waals surface area contributed by atoms with E-state index in [1.54, 1.807) is 11.3 Å². The number of carbonyl (C=O) groups is 1. The highest BCUT2D eigenvalue weighted by molar-refractivity contribution is 7.80. The minimum absolute atomic E-state index is 0.300. The number of thiophene rings is 1. The van der Waals surface area contributed by atoms with Crippen LogP contribution in [0.5, 0.6) is 0 Å². The number of hydrogen-bond donors (Lipinski definition) is 2. The van der Waals surface area contributed by atoms with Crippen LogP contribution in [0.3, 0.4) is 0 Å². The lowest BCUT2D eigenvalue weighted by Gasteiger charge is -2.12. The molecule has 6 heteroatoms. The minimum Gasteiger partial charge on any atom is -0.465 e. The quantitative estimate of drug-likeness (QED) is 0.626. The summed E-state index contributed by atoms with van der Waals surface area (Å²) in [5.41, 5.74) is 5.12. The molecule has 0 aliphatic heterocycles. The van der Waals surface area contributed by atoms with E-state index in [1.165, 1.54) is 23.1 Å². The number of aryl methyl sites for hydroxylation is 3. The number of anilines is 2. The van der Waals surface area contributed by atoms with Crippen molar-refractivity contribution in [3.63, 3.8) is 0 Å². The molecule has 4 nitrogen and oxygen atoms in total. The monoisotopic (exact) mass is 360 g/mol. The molecule has 0 atom stereocenters. The van der Waals surface area contributed by atoms with Gasteiger partial charge in [0.1, 0.15) is 5.00 Å². The Balaban J connectivity index is 1.79.